The first-order chi connectivity index (χ1) is 18.6. The number of carbonyl (C=O) groups excluding carboxylic acids is 1. The Bertz CT molecular complexity index is 1590. The lowest BCUT2D eigenvalue weighted by atomic mass is 9.57. The summed E-state index contributed by atoms with van der Waals surface area (Å²) in [4.78, 5) is 21.6. The van der Waals surface area contributed by atoms with Crippen LogP contribution >= 0.6 is 11.6 Å². The number of hydrogen-bond acceptors (Lipinski definition) is 6. The Morgan fingerprint density at radius 2 is 2.00 bits per heavy atom. The molecule has 8 nitrogen and oxygen atoms in total. The molecule has 0 saturated heterocycles. The standard InChI is InChI=1S/C27H25ClF3N7O/c1-3-26(4-2)12-16(13-26)22(39)18-6-5-17(11-20(18)28)35-24-25-34-14-21(38(25)10-8-33-24)19-15-37(9-7-32)36-23(19)27(29,30)31/h5-6,8,10-11,14-16H,3-4,9,12-13H2,1-2H3,(H,33,35). The first-order valence-electron chi connectivity index (χ1n) is 12.5. The fourth-order valence-electron chi connectivity index (χ4n) is 5.33. The number of alkyl halides is 3. The van der Waals surface area contributed by atoms with Crippen LogP contribution in [-0.4, -0.2) is 29.9 Å². The van der Waals surface area contributed by atoms with Gasteiger partial charge in [0.2, 0.25) is 0 Å². The molecule has 1 aromatic carbocycles. The molecule has 0 bridgehead atoms. The van der Waals surface area contributed by atoms with Crippen molar-refractivity contribution in [1.82, 2.24) is 24.1 Å². The highest BCUT2D eigenvalue weighted by atomic mass is 35.5. The number of ketones is 1. The highest BCUT2D eigenvalue weighted by Crippen LogP contribution is 2.52. The molecular formula is C27H25ClF3N7O. The number of imidazole rings is 1. The van der Waals surface area contributed by atoms with E-state index in [0.717, 1.165) is 30.4 Å². The Kier molecular flexibility index (Phi) is 6.84. The number of anilines is 2. The zero-order valence-corrected chi connectivity index (χ0v) is 22.0. The van der Waals surface area contributed by atoms with Gasteiger partial charge in [-0.1, -0.05) is 38.3 Å². The molecule has 12 heteroatoms. The molecule has 0 amide bonds. The molecule has 1 fully saturated rings. The highest BCUT2D eigenvalue weighted by Gasteiger charge is 2.45. The third kappa shape index (κ3) is 4.85. The van der Waals surface area contributed by atoms with E-state index in [1.807, 2.05) is 0 Å². The van der Waals surface area contributed by atoms with Gasteiger partial charge in [0.25, 0.3) is 0 Å². The van der Waals surface area contributed by atoms with E-state index in [0.29, 0.717) is 16.3 Å². The van der Waals surface area contributed by atoms with Crippen molar-refractivity contribution < 1.29 is 18.0 Å². The van der Waals surface area contributed by atoms with Gasteiger partial charge in [-0.2, -0.15) is 23.5 Å². The number of nitrogens with zero attached hydrogens (tertiary/aromatic N) is 6. The summed E-state index contributed by atoms with van der Waals surface area (Å²) in [7, 11) is 0. The van der Waals surface area contributed by atoms with Crippen molar-refractivity contribution in [3.8, 4) is 17.3 Å². The average Bonchev–Trinajstić information content (AvgIpc) is 3.49. The molecule has 0 atom stereocenters. The summed E-state index contributed by atoms with van der Waals surface area (Å²) in [6, 6.07) is 6.82. The Morgan fingerprint density at radius 1 is 1.26 bits per heavy atom. The smallest absolute Gasteiger partial charge is 0.337 e. The third-order valence-corrected chi connectivity index (χ3v) is 8.01. The Hall–Kier alpha value is -3.91. The van der Waals surface area contributed by atoms with Crippen LogP contribution < -0.4 is 5.32 Å². The molecule has 0 unspecified atom stereocenters. The second-order valence-corrected chi connectivity index (χ2v) is 10.3. The number of nitrogens with one attached hydrogen (secondary N) is 1. The molecule has 0 spiro atoms. The molecule has 3 aromatic heterocycles. The summed E-state index contributed by atoms with van der Waals surface area (Å²) in [5.41, 5.74) is 0.355. The van der Waals surface area contributed by atoms with Gasteiger partial charge in [0.05, 0.1) is 28.5 Å². The summed E-state index contributed by atoms with van der Waals surface area (Å²) >= 11 is 6.50. The molecule has 1 N–H and O–H groups in total. The van der Waals surface area contributed by atoms with E-state index in [-0.39, 0.29) is 46.4 Å². The monoisotopic (exact) mass is 555 g/mol. The summed E-state index contributed by atoms with van der Waals surface area (Å²) in [6.07, 6.45) is 4.51. The highest BCUT2D eigenvalue weighted by molar-refractivity contribution is 6.34. The van der Waals surface area contributed by atoms with Crippen molar-refractivity contribution in [2.75, 3.05) is 5.32 Å². The molecule has 0 radical (unpaired) electrons. The van der Waals surface area contributed by atoms with Crippen molar-refractivity contribution in [2.24, 2.45) is 11.3 Å². The molecular weight excluding hydrogens is 531 g/mol. The van der Waals surface area contributed by atoms with Gasteiger partial charge in [-0.3, -0.25) is 13.9 Å². The van der Waals surface area contributed by atoms with Gasteiger partial charge < -0.3 is 5.32 Å². The zero-order chi connectivity index (χ0) is 27.9. The predicted octanol–water partition coefficient (Wildman–Crippen LogP) is 6.93. The lowest BCUT2D eigenvalue weighted by Crippen LogP contribution is -2.40. The second-order valence-electron chi connectivity index (χ2n) is 9.85. The van der Waals surface area contributed by atoms with Gasteiger partial charge in [-0.15, -0.1) is 0 Å². The van der Waals surface area contributed by atoms with Gasteiger partial charge in [0, 0.05) is 35.8 Å². The number of fused-ring (bicyclic) bond motifs is 1. The quantitative estimate of drug-likeness (QED) is 0.237. The van der Waals surface area contributed by atoms with Crippen LogP contribution in [0.25, 0.3) is 16.9 Å². The zero-order valence-electron chi connectivity index (χ0n) is 21.3. The van der Waals surface area contributed by atoms with Crippen LogP contribution in [0.5, 0.6) is 0 Å². The van der Waals surface area contributed by atoms with Crippen molar-refractivity contribution in [3.63, 3.8) is 0 Å². The maximum absolute atomic E-state index is 13.7. The Morgan fingerprint density at radius 3 is 2.64 bits per heavy atom. The number of benzene rings is 1. The molecule has 39 heavy (non-hydrogen) atoms. The number of rotatable bonds is 8. The average molecular weight is 556 g/mol. The van der Waals surface area contributed by atoms with Crippen LogP contribution in [0.2, 0.25) is 5.02 Å². The van der Waals surface area contributed by atoms with Crippen molar-refractivity contribution in [3.05, 3.63) is 59.3 Å². The first kappa shape index (κ1) is 26.7. The molecule has 1 aliphatic rings. The Balaban J connectivity index is 1.42. The van der Waals surface area contributed by atoms with E-state index in [1.54, 1.807) is 24.3 Å². The third-order valence-electron chi connectivity index (χ3n) is 7.69. The predicted molar refractivity (Wildman–Crippen MR) is 140 cm³/mol. The number of nitriles is 1. The minimum absolute atomic E-state index is 0.0286. The van der Waals surface area contributed by atoms with Gasteiger partial charge >= 0.3 is 6.18 Å². The maximum atomic E-state index is 13.7. The summed E-state index contributed by atoms with van der Waals surface area (Å²) < 4.78 is 43.5. The van der Waals surface area contributed by atoms with Crippen LogP contribution in [0.4, 0.5) is 24.7 Å². The Labute approximate surface area is 227 Å². The number of hydrogen-bond donors (Lipinski definition) is 1. The normalized spacial score (nSPS) is 15.2. The fourth-order valence-corrected chi connectivity index (χ4v) is 5.60. The lowest BCUT2D eigenvalue weighted by Gasteiger charge is -2.46. The minimum Gasteiger partial charge on any atom is -0.337 e. The number of halogens is 4. The first-order valence-corrected chi connectivity index (χ1v) is 12.9. The van der Waals surface area contributed by atoms with Gasteiger partial charge in [-0.25, -0.2) is 9.97 Å². The van der Waals surface area contributed by atoms with Gasteiger partial charge in [0.1, 0.15) is 6.54 Å². The van der Waals surface area contributed by atoms with Gasteiger partial charge in [-0.05, 0) is 36.5 Å². The minimum atomic E-state index is -4.72. The van der Waals surface area contributed by atoms with Crippen LogP contribution in [0, 0.1) is 22.7 Å². The van der Waals surface area contributed by atoms with Crippen LogP contribution in [0.1, 0.15) is 55.6 Å². The molecule has 1 saturated carbocycles. The van der Waals surface area contributed by atoms with Crippen LogP contribution in [-0.2, 0) is 12.7 Å². The summed E-state index contributed by atoms with van der Waals surface area (Å²) in [5.74, 6) is 0.296. The van der Waals surface area contributed by atoms with Crippen LogP contribution in [0.15, 0.2) is 43.0 Å². The topological polar surface area (TPSA) is 101 Å². The van der Waals surface area contributed by atoms with E-state index >= 15 is 0 Å². The summed E-state index contributed by atoms with van der Waals surface area (Å²) in [5, 5.41) is 15.9. The van der Waals surface area contributed by atoms with E-state index in [2.05, 4.69) is 34.2 Å². The van der Waals surface area contributed by atoms with Crippen LogP contribution in [0.3, 0.4) is 0 Å². The van der Waals surface area contributed by atoms with Crippen molar-refractivity contribution in [2.45, 2.75) is 52.3 Å². The molecule has 5 rings (SSSR count). The number of carbonyl (C=O) groups is 1. The number of aromatic nitrogens is 5. The van der Waals surface area contributed by atoms with Gasteiger partial charge in [0.15, 0.2) is 22.9 Å². The maximum Gasteiger partial charge on any atom is 0.435 e. The van der Waals surface area contributed by atoms with Crippen molar-refractivity contribution in [1.29, 1.82) is 5.26 Å². The van der Waals surface area contributed by atoms with E-state index in [9.17, 15) is 18.0 Å². The largest absolute Gasteiger partial charge is 0.435 e. The molecule has 4 aromatic rings. The molecule has 1 aliphatic carbocycles. The van der Waals surface area contributed by atoms with E-state index < -0.39 is 11.9 Å². The van der Waals surface area contributed by atoms with Crippen molar-refractivity contribution >= 4 is 34.5 Å². The molecule has 0 aliphatic heterocycles. The molecule has 3 heterocycles. The lowest BCUT2D eigenvalue weighted by molar-refractivity contribution is -0.141. The number of Topliss-reactive ketones (excluding diaryl/α,β-unsaturated/α-hetero) is 1. The fraction of sp³-hybridized carbons (Fsp3) is 0.370. The van der Waals surface area contributed by atoms with E-state index in [4.69, 9.17) is 16.9 Å². The summed E-state index contributed by atoms with van der Waals surface area (Å²) in [6.45, 7) is 3.99. The van der Waals surface area contributed by atoms with E-state index in [1.165, 1.54) is 29.2 Å². The SMILES string of the molecule is CCC1(CC)CC(C(=O)c2ccc(Nc3nccn4c(-c5cn(CC#N)nc5C(F)(F)F)cnc34)cc2Cl)C1. The second kappa shape index (κ2) is 10.0. The molecule has 202 valence electrons.